The molecule has 2 saturated carbocycles. The first-order valence-corrected chi connectivity index (χ1v) is 12.1. The number of phenolic OH excluding ortho intramolecular Hbond substituents is 1. The lowest BCUT2D eigenvalue weighted by atomic mass is 9.47. The number of aromatic hydroxyl groups is 1. The first-order chi connectivity index (χ1) is 15.5. The molecule has 5 aliphatic rings. The maximum Gasteiger partial charge on any atom is 0.177 e. The predicted octanol–water partition coefficient (Wildman–Crippen LogP) is 2.99. The third kappa shape index (κ3) is 2.33. The average Bonchev–Trinajstić information content (AvgIpc) is 3.52. The zero-order valence-corrected chi connectivity index (χ0v) is 18.2. The van der Waals surface area contributed by atoms with Crippen LogP contribution in [0.2, 0.25) is 0 Å². The molecule has 2 aromatic carbocycles. The second-order valence-electron chi connectivity index (χ2n) is 10.7. The van der Waals surface area contributed by atoms with Crippen LogP contribution < -0.4 is 4.74 Å². The molecule has 166 valence electrons. The molecule has 0 radical (unpaired) electrons. The smallest absolute Gasteiger partial charge is 0.177 e. The van der Waals surface area contributed by atoms with Crippen LogP contribution in [0.1, 0.15) is 42.4 Å². The van der Waals surface area contributed by atoms with Crippen LogP contribution in [0, 0.1) is 11.8 Å². The van der Waals surface area contributed by atoms with Gasteiger partial charge in [0.15, 0.2) is 23.4 Å². The molecule has 32 heavy (non-hydrogen) atoms. The highest BCUT2D eigenvalue weighted by Gasteiger charge is 2.74. The predicted molar refractivity (Wildman–Crippen MR) is 119 cm³/mol. The zero-order valence-electron chi connectivity index (χ0n) is 18.2. The minimum Gasteiger partial charge on any atom is -0.504 e. The van der Waals surface area contributed by atoms with Gasteiger partial charge in [0.25, 0.3) is 0 Å². The fourth-order valence-electron chi connectivity index (χ4n) is 7.47. The monoisotopic (exact) mass is 431 g/mol. The van der Waals surface area contributed by atoms with Gasteiger partial charge in [-0.2, -0.15) is 0 Å². The van der Waals surface area contributed by atoms with Gasteiger partial charge >= 0.3 is 0 Å². The Hall–Kier alpha value is -2.37. The van der Waals surface area contributed by atoms with Crippen molar-refractivity contribution >= 4 is 5.78 Å². The first kappa shape index (κ1) is 19.1. The molecule has 0 amide bonds. The van der Waals surface area contributed by atoms with Crippen molar-refractivity contribution in [2.45, 2.75) is 61.7 Å². The normalized spacial score (nSPS) is 37.2. The lowest BCUT2D eigenvalue weighted by Crippen LogP contribution is -2.78. The average molecular weight is 432 g/mol. The van der Waals surface area contributed by atoms with Gasteiger partial charge in [-0.15, -0.1) is 0 Å². The highest BCUT2D eigenvalue weighted by atomic mass is 16.5. The fraction of sp³-hybridized carbons (Fsp3) is 0.519. The first-order valence-electron chi connectivity index (χ1n) is 12.1. The number of carbonyl (C=O) groups is 1. The Bertz CT molecular complexity index is 1110. The molecule has 2 aliphatic heterocycles. The Morgan fingerprint density at radius 1 is 1.12 bits per heavy atom. The van der Waals surface area contributed by atoms with Crippen LogP contribution in [0.4, 0.5) is 0 Å². The van der Waals surface area contributed by atoms with Crippen LogP contribution in [0.5, 0.6) is 11.5 Å². The number of aliphatic hydroxyl groups is 1. The number of nitrogens with zero attached hydrogens (tertiary/aromatic N) is 1. The Balaban J connectivity index is 1.37. The summed E-state index contributed by atoms with van der Waals surface area (Å²) in [6, 6.07) is 13.7. The van der Waals surface area contributed by atoms with Crippen molar-refractivity contribution < 1.29 is 19.7 Å². The number of likely N-dealkylation sites (tertiary alicyclic amines) is 1. The number of phenols is 1. The van der Waals surface area contributed by atoms with E-state index in [-0.39, 0.29) is 23.5 Å². The maximum atomic E-state index is 13.8. The molecule has 2 aromatic rings. The number of Topliss-reactive ketones (excluding diaryl/α,β-unsaturated/α-hetero) is 1. The van der Waals surface area contributed by atoms with Gasteiger partial charge in [-0.3, -0.25) is 9.69 Å². The van der Waals surface area contributed by atoms with Crippen molar-refractivity contribution in [3.63, 3.8) is 0 Å². The lowest BCUT2D eigenvalue weighted by Gasteiger charge is -2.63. The number of ether oxygens (including phenoxy) is 1. The van der Waals surface area contributed by atoms with Crippen molar-refractivity contribution in [1.29, 1.82) is 0 Å². The van der Waals surface area contributed by atoms with E-state index in [1.165, 1.54) is 12.8 Å². The summed E-state index contributed by atoms with van der Waals surface area (Å²) in [5, 5.41) is 23.2. The highest BCUT2D eigenvalue weighted by molar-refractivity contribution is 5.92. The van der Waals surface area contributed by atoms with E-state index in [0.29, 0.717) is 25.0 Å². The van der Waals surface area contributed by atoms with E-state index < -0.39 is 17.1 Å². The second kappa shape index (κ2) is 6.36. The van der Waals surface area contributed by atoms with Crippen LogP contribution in [0.3, 0.4) is 0 Å². The molecule has 5 nitrogen and oxygen atoms in total. The summed E-state index contributed by atoms with van der Waals surface area (Å²) in [5.41, 5.74) is 1.37. The Kier molecular flexibility index (Phi) is 3.80. The Morgan fingerprint density at radius 3 is 2.72 bits per heavy atom. The van der Waals surface area contributed by atoms with Crippen LogP contribution in [0.25, 0.3) is 0 Å². The maximum absolute atomic E-state index is 13.8. The number of hydrogen-bond donors (Lipinski definition) is 2. The Labute approximate surface area is 188 Å². The number of piperidine rings is 1. The van der Waals surface area contributed by atoms with E-state index in [1.807, 2.05) is 24.3 Å². The molecule has 7 rings (SSSR count). The lowest BCUT2D eigenvalue weighted by molar-refractivity contribution is -0.197. The molecule has 0 aromatic heterocycles. The van der Waals surface area contributed by atoms with Crippen LogP contribution >= 0.6 is 0 Å². The van der Waals surface area contributed by atoms with E-state index in [9.17, 15) is 15.0 Å². The molecule has 5 atom stereocenters. The summed E-state index contributed by atoms with van der Waals surface area (Å²) < 4.78 is 6.31. The third-order valence-electron chi connectivity index (χ3n) is 9.06. The van der Waals surface area contributed by atoms with Crippen LogP contribution in [-0.4, -0.2) is 51.7 Å². The SMILES string of the molecule is O=C1C(Cc2ccccc2)C[C@@]2(O)[C@H]3Cc4ccc(O)c5c4[C@@]2(CCN3CC2CC2)C1O5. The number of hydrogen-bond acceptors (Lipinski definition) is 5. The van der Waals surface area contributed by atoms with Gasteiger partial charge in [0.1, 0.15) is 0 Å². The van der Waals surface area contributed by atoms with E-state index in [0.717, 1.165) is 42.1 Å². The Morgan fingerprint density at radius 2 is 1.94 bits per heavy atom. The van der Waals surface area contributed by atoms with Gasteiger partial charge in [-0.1, -0.05) is 36.4 Å². The van der Waals surface area contributed by atoms with Gasteiger partial charge < -0.3 is 14.9 Å². The fourth-order valence-corrected chi connectivity index (χ4v) is 7.47. The highest BCUT2D eigenvalue weighted by Crippen LogP contribution is 2.65. The van der Waals surface area contributed by atoms with Gasteiger partial charge in [-0.05, 0) is 68.2 Å². The summed E-state index contributed by atoms with van der Waals surface area (Å²) in [4.78, 5) is 16.4. The molecule has 3 fully saturated rings. The van der Waals surface area contributed by atoms with Crippen molar-refractivity contribution in [3.8, 4) is 11.5 Å². The zero-order chi connectivity index (χ0) is 21.7. The molecular formula is C27H29NO4. The molecule has 2 N–H and O–H groups in total. The summed E-state index contributed by atoms with van der Waals surface area (Å²) in [6.45, 7) is 1.90. The van der Waals surface area contributed by atoms with E-state index in [1.54, 1.807) is 6.07 Å². The molecular weight excluding hydrogens is 402 g/mol. The quantitative estimate of drug-likeness (QED) is 0.779. The van der Waals surface area contributed by atoms with Crippen LogP contribution in [-0.2, 0) is 23.1 Å². The largest absolute Gasteiger partial charge is 0.504 e. The third-order valence-corrected chi connectivity index (χ3v) is 9.06. The van der Waals surface area contributed by atoms with Crippen molar-refractivity contribution in [2.24, 2.45) is 11.8 Å². The summed E-state index contributed by atoms with van der Waals surface area (Å²) >= 11 is 0. The van der Waals surface area contributed by atoms with Gasteiger partial charge in [0.05, 0.1) is 11.0 Å². The van der Waals surface area contributed by atoms with Crippen molar-refractivity contribution in [2.75, 3.05) is 13.1 Å². The topological polar surface area (TPSA) is 70.0 Å². The van der Waals surface area contributed by atoms with E-state index in [2.05, 4.69) is 17.0 Å². The summed E-state index contributed by atoms with van der Waals surface area (Å²) in [5.74, 6) is 1.05. The molecule has 1 saturated heterocycles. The molecule has 2 unspecified atom stereocenters. The van der Waals surface area contributed by atoms with Gasteiger partial charge in [-0.25, -0.2) is 0 Å². The molecule has 3 aliphatic carbocycles. The summed E-state index contributed by atoms with van der Waals surface area (Å²) in [7, 11) is 0. The number of rotatable bonds is 4. The second-order valence-corrected chi connectivity index (χ2v) is 10.7. The molecule has 1 spiro atoms. The minimum atomic E-state index is -1.04. The van der Waals surface area contributed by atoms with E-state index in [4.69, 9.17) is 4.74 Å². The molecule has 5 heteroatoms. The number of benzene rings is 2. The van der Waals surface area contributed by atoms with Gasteiger partial charge in [0, 0.05) is 24.1 Å². The van der Waals surface area contributed by atoms with E-state index >= 15 is 0 Å². The number of ketones is 1. The number of carbonyl (C=O) groups excluding carboxylic acids is 1. The van der Waals surface area contributed by atoms with Crippen molar-refractivity contribution in [3.05, 3.63) is 59.2 Å². The molecule has 2 heterocycles. The van der Waals surface area contributed by atoms with Gasteiger partial charge in [0.2, 0.25) is 0 Å². The van der Waals surface area contributed by atoms with Crippen molar-refractivity contribution in [1.82, 2.24) is 4.90 Å². The standard InChI is InChI=1S/C27H29NO4/c29-20-9-8-18-13-21-27(31)14-19(12-16-4-2-1-3-5-16)23(30)25-26(27,22(18)24(20)32-25)10-11-28(21)15-17-6-7-17/h1-5,8-9,17,19,21,25,29,31H,6-7,10-15H2/t19?,21-,25?,26+,27-/m1/s1. The van der Waals surface area contributed by atoms with Crippen LogP contribution in [0.15, 0.2) is 42.5 Å². The molecule has 2 bridgehead atoms. The minimum absolute atomic E-state index is 0.0164. The summed E-state index contributed by atoms with van der Waals surface area (Å²) in [6.07, 6.45) is 4.36.